The van der Waals surface area contributed by atoms with Crippen molar-refractivity contribution in [3.8, 4) is 0 Å². The Labute approximate surface area is 97.3 Å². The lowest BCUT2D eigenvalue weighted by atomic mass is 10.3. The fourth-order valence-electron chi connectivity index (χ4n) is 1.02. The van der Waals surface area contributed by atoms with E-state index in [9.17, 15) is 16.8 Å². The molecule has 0 aromatic heterocycles. The van der Waals surface area contributed by atoms with Crippen molar-refractivity contribution in [3.05, 3.63) is 17.2 Å². The SMILES string of the molecule is Nc1c(S(N)(=O)=O)ccc(S(N)(=O)=O)c1Cl. The molecule has 0 radical (unpaired) electrons. The fraction of sp³-hybridized carbons (Fsp3) is 0. The predicted octanol–water partition coefficient (Wildman–Crippen LogP) is -0.783. The maximum Gasteiger partial charge on any atom is 0.240 e. The van der Waals surface area contributed by atoms with Gasteiger partial charge in [-0.15, -0.1) is 0 Å². The quantitative estimate of drug-likeness (QED) is 0.610. The Morgan fingerprint density at radius 1 is 0.938 bits per heavy atom. The van der Waals surface area contributed by atoms with Crippen LogP contribution in [0.5, 0.6) is 0 Å². The minimum absolute atomic E-state index is 0.448. The molecular formula is C6H8ClN3O4S2. The van der Waals surface area contributed by atoms with E-state index in [4.69, 9.17) is 27.6 Å². The Morgan fingerprint density at radius 3 is 1.69 bits per heavy atom. The van der Waals surface area contributed by atoms with Crippen molar-refractivity contribution in [2.75, 3.05) is 5.73 Å². The zero-order valence-corrected chi connectivity index (χ0v) is 10.1. The van der Waals surface area contributed by atoms with Crippen molar-refractivity contribution >= 4 is 37.3 Å². The molecule has 0 bridgehead atoms. The molecule has 90 valence electrons. The lowest BCUT2D eigenvalue weighted by Crippen LogP contribution is -2.17. The van der Waals surface area contributed by atoms with Crippen molar-refractivity contribution in [2.45, 2.75) is 9.79 Å². The zero-order valence-electron chi connectivity index (χ0n) is 7.71. The van der Waals surface area contributed by atoms with E-state index in [2.05, 4.69) is 0 Å². The molecule has 0 aliphatic heterocycles. The van der Waals surface area contributed by atoms with Crippen LogP contribution in [-0.4, -0.2) is 16.8 Å². The summed E-state index contributed by atoms with van der Waals surface area (Å²) in [6.07, 6.45) is 0. The van der Waals surface area contributed by atoms with Crippen LogP contribution in [0.15, 0.2) is 21.9 Å². The summed E-state index contributed by atoms with van der Waals surface area (Å²) >= 11 is 5.58. The van der Waals surface area contributed by atoms with Gasteiger partial charge in [0.1, 0.15) is 9.79 Å². The van der Waals surface area contributed by atoms with Gasteiger partial charge < -0.3 is 5.73 Å². The fourth-order valence-corrected chi connectivity index (χ4v) is 2.85. The molecule has 16 heavy (non-hydrogen) atoms. The zero-order chi connectivity index (χ0) is 12.7. The lowest BCUT2D eigenvalue weighted by molar-refractivity contribution is 0.594. The highest BCUT2D eigenvalue weighted by molar-refractivity contribution is 7.89. The molecule has 1 aromatic carbocycles. The smallest absolute Gasteiger partial charge is 0.240 e. The van der Waals surface area contributed by atoms with Crippen LogP contribution >= 0.6 is 11.6 Å². The molecule has 0 fully saturated rings. The number of nitrogen functional groups attached to an aromatic ring is 1. The summed E-state index contributed by atoms with van der Waals surface area (Å²) < 4.78 is 44.1. The van der Waals surface area contributed by atoms with Gasteiger partial charge in [0.25, 0.3) is 0 Å². The second kappa shape index (κ2) is 3.86. The van der Waals surface area contributed by atoms with E-state index < -0.39 is 40.5 Å². The summed E-state index contributed by atoms with van der Waals surface area (Å²) in [6, 6.07) is 1.85. The van der Waals surface area contributed by atoms with Gasteiger partial charge in [0.15, 0.2) is 0 Å². The molecule has 0 heterocycles. The maximum absolute atomic E-state index is 11.0. The minimum Gasteiger partial charge on any atom is -0.396 e. The summed E-state index contributed by atoms with van der Waals surface area (Å²) in [7, 11) is -8.13. The van der Waals surface area contributed by atoms with E-state index in [0.29, 0.717) is 0 Å². The molecule has 0 saturated heterocycles. The van der Waals surface area contributed by atoms with Crippen molar-refractivity contribution in [2.24, 2.45) is 10.3 Å². The van der Waals surface area contributed by atoms with Gasteiger partial charge in [0.05, 0.1) is 10.7 Å². The molecule has 0 saturated carbocycles. The molecular weight excluding hydrogens is 278 g/mol. The molecule has 0 spiro atoms. The molecule has 1 rings (SSSR count). The molecule has 1 aromatic rings. The predicted molar refractivity (Wildman–Crippen MR) is 58.6 cm³/mol. The highest BCUT2D eigenvalue weighted by Crippen LogP contribution is 2.31. The first-order chi connectivity index (χ1) is 7.05. The number of nitrogens with two attached hydrogens (primary N) is 3. The van der Waals surface area contributed by atoms with E-state index in [1.54, 1.807) is 0 Å². The molecule has 0 unspecified atom stereocenters. The Morgan fingerprint density at radius 2 is 1.31 bits per heavy atom. The number of primary sulfonamides is 2. The minimum atomic E-state index is -4.07. The van der Waals surface area contributed by atoms with E-state index in [0.717, 1.165) is 12.1 Å². The second-order valence-corrected chi connectivity index (χ2v) is 6.32. The Kier molecular flexibility index (Phi) is 3.18. The molecule has 0 aliphatic rings. The first-order valence-electron chi connectivity index (χ1n) is 3.68. The van der Waals surface area contributed by atoms with Crippen molar-refractivity contribution < 1.29 is 16.8 Å². The second-order valence-electron chi connectivity index (χ2n) is 2.88. The number of rotatable bonds is 2. The van der Waals surface area contributed by atoms with E-state index >= 15 is 0 Å². The molecule has 7 nitrogen and oxygen atoms in total. The van der Waals surface area contributed by atoms with E-state index in [-0.39, 0.29) is 0 Å². The molecule has 0 amide bonds. The molecule has 10 heteroatoms. The molecule has 0 aliphatic carbocycles. The van der Waals surface area contributed by atoms with Gasteiger partial charge in [0.2, 0.25) is 20.0 Å². The number of halogens is 1. The number of benzene rings is 1. The van der Waals surface area contributed by atoms with Crippen LogP contribution in [0.4, 0.5) is 5.69 Å². The third-order valence-corrected chi connectivity index (χ3v) is 4.16. The van der Waals surface area contributed by atoms with Gasteiger partial charge in [-0.2, -0.15) is 0 Å². The standard InChI is InChI=1S/C6H8ClN3O4S2/c7-5-3(15(9,11)12)1-2-4(6(5)8)16(10,13)14/h1-2H,8H2,(H2,9,11,12)(H2,10,13,14). The van der Waals surface area contributed by atoms with Crippen molar-refractivity contribution in [1.82, 2.24) is 0 Å². The van der Waals surface area contributed by atoms with Gasteiger partial charge in [0, 0.05) is 0 Å². The Balaban J connectivity index is 3.67. The summed E-state index contributed by atoms with van der Waals surface area (Å²) in [5, 5.41) is 9.21. The van der Waals surface area contributed by atoms with Gasteiger partial charge >= 0.3 is 0 Å². The van der Waals surface area contributed by atoms with Gasteiger partial charge in [-0.05, 0) is 12.1 Å². The summed E-state index contributed by atoms with van der Waals surface area (Å²) in [5.74, 6) is 0. The first-order valence-corrected chi connectivity index (χ1v) is 7.16. The Bertz CT molecular complexity index is 581. The summed E-state index contributed by atoms with van der Waals surface area (Å²) in [5.41, 5.74) is 4.91. The van der Waals surface area contributed by atoms with Crippen LogP contribution in [0, 0.1) is 0 Å². The molecule has 0 atom stereocenters. The highest BCUT2D eigenvalue weighted by atomic mass is 35.5. The van der Waals surface area contributed by atoms with E-state index in [1.807, 2.05) is 0 Å². The summed E-state index contributed by atoms with van der Waals surface area (Å²) in [6.45, 7) is 0. The van der Waals surface area contributed by atoms with Crippen LogP contribution in [0.2, 0.25) is 5.02 Å². The van der Waals surface area contributed by atoms with Crippen LogP contribution in [0.3, 0.4) is 0 Å². The average Bonchev–Trinajstić information content (AvgIpc) is 2.05. The monoisotopic (exact) mass is 285 g/mol. The van der Waals surface area contributed by atoms with Crippen LogP contribution in [-0.2, 0) is 20.0 Å². The van der Waals surface area contributed by atoms with Crippen LogP contribution < -0.4 is 16.0 Å². The maximum atomic E-state index is 11.0. The average molecular weight is 286 g/mol. The number of anilines is 1. The number of hydrogen-bond donors (Lipinski definition) is 3. The normalized spacial score (nSPS) is 12.7. The lowest BCUT2D eigenvalue weighted by Gasteiger charge is -2.08. The highest BCUT2D eigenvalue weighted by Gasteiger charge is 2.21. The van der Waals surface area contributed by atoms with Crippen LogP contribution in [0.1, 0.15) is 0 Å². The first kappa shape index (κ1) is 13.2. The van der Waals surface area contributed by atoms with Gasteiger partial charge in [-0.25, -0.2) is 27.1 Å². The van der Waals surface area contributed by atoms with Gasteiger partial charge in [-0.1, -0.05) is 11.6 Å². The topological polar surface area (TPSA) is 146 Å². The third-order valence-electron chi connectivity index (χ3n) is 1.72. The van der Waals surface area contributed by atoms with Crippen molar-refractivity contribution in [3.63, 3.8) is 0 Å². The van der Waals surface area contributed by atoms with Gasteiger partial charge in [-0.3, -0.25) is 0 Å². The van der Waals surface area contributed by atoms with E-state index in [1.165, 1.54) is 0 Å². The largest absolute Gasteiger partial charge is 0.396 e. The summed E-state index contributed by atoms with van der Waals surface area (Å²) in [4.78, 5) is -0.913. The van der Waals surface area contributed by atoms with Crippen LogP contribution in [0.25, 0.3) is 0 Å². The Hall–Kier alpha value is -0.870. The number of sulfonamides is 2. The van der Waals surface area contributed by atoms with Crippen molar-refractivity contribution in [1.29, 1.82) is 0 Å². The third kappa shape index (κ3) is 2.44. The molecule has 6 N–H and O–H groups in total. The number of hydrogen-bond acceptors (Lipinski definition) is 5.